The van der Waals surface area contributed by atoms with Gasteiger partial charge in [-0.2, -0.15) is 13.2 Å². The van der Waals surface area contributed by atoms with Gasteiger partial charge in [0.2, 0.25) is 5.95 Å². The SMILES string of the molecule is O=C(Nc1nccc(-c2ccc(Nc3ccccc3)nc2)n1)c1cc(N2CCOCC2)cc(C(F)(F)F)c1. The highest BCUT2D eigenvalue weighted by Gasteiger charge is 2.32. The number of alkyl halides is 3. The molecular formula is C27H23F3N6O2. The summed E-state index contributed by atoms with van der Waals surface area (Å²) in [6, 6.07) is 18.1. The molecular weight excluding hydrogens is 497 g/mol. The van der Waals surface area contributed by atoms with E-state index in [4.69, 9.17) is 4.74 Å². The summed E-state index contributed by atoms with van der Waals surface area (Å²) in [6.07, 6.45) is -1.53. The number of morpholine rings is 1. The third-order valence-corrected chi connectivity index (χ3v) is 5.87. The number of pyridine rings is 1. The van der Waals surface area contributed by atoms with Crippen LogP contribution in [0.5, 0.6) is 0 Å². The van der Waals surface area contributed by atoms with E-state index in [1.54, 1.807) is 23.2 Å². The number of carbonyl (C=O) groups is 1. The van der Waals surface area contributed by atoms with Crippen molar-refractivity contribution in [1.29, 1.82) is 0 Å². The van der Waals surface area contributed by atoms with Crippen LogP contribution in [0.2, 0.25) is 0 Å². The lowest BCUT2D eigenvalue weighted by Gasteiger charge is -2.29. The Labute approximate surface area is 216 Å². The van der Waals surface area contributed by atoms with Crippen LogP contribution in [0.1, 0.15) is 15.9 Å². The molecule has 2 N–H and O–H groups in total. The molecule has 1 aliphatic heterocycles. The number of aromatic nitrogens is 3. The predicted molar refractivity (Wildman–Crippen MR) is 137 cm³/mol. The van der Waals surface area contributed by atoms with E-state index in [9.17, 15) is 18.0 Å². The van der Waals surface area contributed by atoms with Crippen LogP contribution in [-0.2, 0) is 10.9 Å². The first-order valence-corrected chi connectivity index (χ1v) is 11.8. The van der Waals surface area contributed by atoms with Gasteiger partial charge in [-0.05, 0) is 48.5 Å². The van der Waals surface area contributed by atoms with E-state index in [-0.39, 0.29) is 11.5 Å². The maximum atomic E-state index is 13.6. The Hall–Kier alpha value is -4.51. The van der Waals surface area contributed by atoms with Crippen LogP contribution in [0, 0.1) is 0 Å². The molecule has 0 radical (unpaired) electrons. The van der Waals surface area contributed by atoms with Crippen molar-refractivity contribution in [1.82, 2.24) is 15.0 Å². The molecule has 1 amide bonds. The lowest BCUT2D eigenvalue weighted by Crippen LogP contribution is -2.36. The lowest BCUT2D eigenvalue weighted by molar-refractivity contribution is -0.137. The van der Waals surface area contributed by atoms with Crippen LogP contribution in [0.25, 0.3) is 11.3 Å². The van der Waals surface area contributed by atoms with E-state index in [1.807, 2.05) is 36.4 Å². The maximum absolute atomic E-state index is 13.6. The molecule has 38 heavy (non-hydrogen) atoms. The van der Waals surface area contributed by atoms with Crippen molar-refractivity contribution in [2.75, 3.05) is 41.8 Å². The molecule has 1 aliphatic rings. The molecule has 0 atom stereocenters. The molecule has 2 aromatic heterocycles. The predicted octanol–water partition coefficient (Wildman–Crippen LogP) is 5.39. The number of anilines is 4. The van der Waals surface area contributed by atoms with Gasteiger partial charge in [-0.3, -0.25) is 10.1 Å². The zero-order valence-corrected chi connectivity index (χ0v) is 20.1. The van der Waals surface area contributed by atoms with Gasteiger partial charge in [-0.1, -0.05) is 18.2 Å². The Morgan fingerprint density at radius 2 is 1.74 bits per heavy atom. The fourth-order valence-corrected chi connectivity index (χ4v) is 3.95. The average Bonchev–Trinajstić information content (AvgIpc) is 2.94. The standard InChI is InChI=1S/C27H23F3N6O2/c28-27(29,30)20-14-19(15-22(16-20)36-10-12-38-13-11-36)25(37)35-26-31-9-8-23(34-26)18-6-7-24(32-17-18)33-21-4-2-1-3-5-21/h1-9,14-17H,10-13H2,(H,32,33)(H,31,34,35,37). The largest absolute Gasteiger partial charge is 0.416 e. The van der Waals surface area contributed by atoms with Gasteiger partial charge >= 0.3 is 6.18 Å². The van der Waals surface area contributed by atoms with Crippen LogP contribution < -0.4 is 15.5 Å². The van der Waals surface area contributed by atoms with E-state index < -0.39 is 17.6 Å². The van der Waals surface area contributed by atoms with Gasteiger partial charge in [0.25, 0.3) is 5.91 Å². The summed E-state index contributed by atoms with van der Waals surface area (Å²) in [5, 5.41) is 5.71. The lowest BCUT2D eigenvalue weighted by atomic mass is 10.1. The van der Waals surface area contributed by atoms with Crippen LogP contribution in [0.3, 0.4) is 0 Å². The molecule has 0 bridgehead atoms. The Balaban J connectivity index is 1.34. The molecule has 0 spiro atoms. The molecule has 4 aromatic rings. The number of ether oxygens (including phenoxy) is 1. The van der Waals surface area contributed by atoms with Gasteiger partial charge in [0, 0.05) is 48.0 Å². The number of carbonyl (C=O) groups excluding carboxylic acids is 1. The molecule has 1 fully saturated rings. The van der Waals surface area contributed by atoms with Crippen molar-refractivity contribution in [3.63, 3.8) is 0 Å². The summed E-state index contributed by atoms with van der Waals surface area (Å²) >= 11 is 0. The fourth-order valence-electron chi connectivity index (χ4n) is 3.95. The third-order valence-electron chi connectivity index (χ3n) is 5.87. The Bertz CT molecular complexity index is 1410. The number of rotatable bonds is 6. The monoisotopic (exact) mass is 520 g/mol. The second kappa shape index (κ2) is 10.9. The van der Waals surface area contributed by atoms with Gasteiger partial charge in [0.05, 0.1) is 24.5 Å². The van der Waals surface area contributed by atoms with Gasteiger partial charge in [0.15, 0.2) is 0 Å². The normalized spacial score (nSPS) is 13.7. The summed E-state index contributed by atoms with van der Waals surface area (Å²) in [5.74, 6) is -0.143. The Kier molecular flexibility index (Phi) is 7.18. The summed E-state index contributed by atoms with van der Waals surface area (Å²) in [7, 11) is 0. The topological polar surface area (TPSA) is 92.3 Å². The van der Waals surface area contributed by atoms with E-state index in [1.165, 1.54) is 12.3 Å². The van der Waals surface area contributed by atoms with Crippen molar-refractivity contribution < 1.29 is 22.7 Å². The summed E-state index contributed by atoms with van der Waals surface area (Å²) in [6.45, 7) is 1.66. The zero-order valence-electron chi connectivity index (χ0n) is 20.1. The molecule has 5 rings (SSSR count). The van der Waals surface area contributed by atoms with E-state index in [0.717, 1.165) is 17.8 Å². The van der Waals surface area contributed by atoms with E-state index in [0.29, 0.717) is 49.1 Å². The molecule has 2 aromatic carbocycles. The number of para-hydroxylation sites is 1. The highest BCUT2D eigenvalue weighted by Crippen LogP contribution is 2.33. The van der Waals surface area contributed by atoms with Crippen LogP contribution in [-0.4, -0.2) is 47.2 Å². The van der Waals surface area contributed by atoms with Crippen molar-refractivity contribution in [3.05, 3.63) is 90.3 Å². The number of hydrogen-bond donors (Lipinski definition) is 2. The van der Waals surface area contributed by atoms with Crippen LogP contribution in [0.4, 0.5) is 36.3 Å². The first kappa shape index (κ1) is 25.2. The number of halogens is 3. The third kappa shape index (κ3) is 6.06. The number of nitrogens with zero attached hydrogens (tertiary/aromatic N) is 4. The number of amides is 1. The van der Waals surface area contributed by atoms with Gasteiger partial charge in [-0.15, -0.1) is 0 Å². The molecule has 0 aliphatic carbocycles. The van der Waals surface area contributed by atoms with E-state index >= 15 is 0 Å². The molecule has 1 saturated heterocycles. The van der Waals surface area contributed by atoms with Gasteiger partial charge < -0.3 is 15.0 Å². The molecule has 0 unspecified atom stereocenters. The number of nitrogens with one attached hydrogen (secondary N) is 2. The van der Waals surface area contributed by atoms with E-state index in [2.05, 4.69) is 25.6 Å². The van der Waals surface area contributed by atoms with Gasteiger partial charge in [0.1, 0.15) is 5.82 Å². The molecule has 11 heteroatoms. The number of hydrogen-bond acceptors (Lipinski definition) is 7. The second-order valence-corrected chi connectivity index (χ2v) is 8.51. The van der Waals surface area contributed by atoms with Crippen molar-refractivity contribution in [2.45, 2.75) is 6.18 Å². The molecule has 0 saturated carbocycles. The fraction of sp³-hybridized carbons (Fsp3) is 0.185. The van der Waals surface area contributed by atoms with Gasteiger partial charge in [-0.25, -0.2) is 15.0 Å². The second-order valence-electron chi connectivity index (χ2n) is 8.51. The Morgan fingerprint density at radius 1 is 0.947 bits per heavy atom. The van der Waals surface area contributed by atoms with Crippen molar-refractivity contribution in [2.24, 2.45) is 0 Å². The van der Waals surface area contributed by atoms with Crippen LogP contribution in [0.15, 0.2) is 79.1 Å². The first-order valence-electron chi connectivity index (χ1n) is 11.8. The minimum atomic E-state index is -4.61. The van der Waals surface area contributed by atoms with Crippen molar-refractivity contribution in [3.8, 4) is 11.3 Å². The molecule has 3 heterocycles. The minimum Gasteiger partial charge on any atom is -0.378 e. The highest BCUT2D eigenvalue weighted by atomic mass is 19.4. The maximum Gasteiger partial charge on any atom is 0.416 e. The summed E-state index contributed by atoms with van der Waals surface area (Å²) in [5.41, 5.74) is 1.32. The molecule has 194 valence electrons. The quantitative estimate of drug-likeness (QED) is 0.352. The minimum absolute atomic E-state index is 0.0377. The smallest absolute Gasteiger partial charge is 0.378 e. The Morgan fingerprint density at radius 3 is 2.45 bits per heavy atom. The molecule has 8 nitrogen and oxygen atoms in total. The highest BCUT2D eigenvalue weighted by molar-refractivity contribution is 6.04. The zero-order chi connectivity index (χ0) is 26.5. The average molecular weight is 521 g/mol. The van der Waals surface area contributed by atoms with Crippen molar-refractivity contribution >= 4 is 29.0 Å². The number of benzene rings is 2. The first-order chi connectivity index (χ1) is 18.3. The van der Waals surface area contributed by atoms with Crippen LogP contribution >= 0.6 is 0 Å². The summed E-state index contributed by atoms with van der Waals surface area (Å²) < 4.78 is 46.0. The summed E-state index contributed by atoms with van der Waals surface area (Å²) in [4.78, 5) is 27.5.